The summed E-state index contributed by atoms with van der Waals surface area (Å²) < 4.78 is 24.3. The molecule has 0 unspecified atom stereocenters. The summed E-state index contributed by atoms with van der Waals surface area (Å²) in [5.74, 6) is 3.92. The molecule has 3 aromatic rings. The van der Waals surface area contributed by atoms with Gasteiger partial charge in [0.25, 0.3) is 0 Å². The number of rotatable bonds is 12. The van der Waals surface area contributed by atoms with Crippen LogP contribution >= 0.6 is 0 Å². The minimum Gasteiger partial charge on any atom is -0.486 e. The molecule has 210 valence electrons. The van der Waals surface area contributed by atoms with E-state index in [1.165, 1.54) is 0 Å². The number of ether oxygens (including phenoxy) is 4. The van der Waals surface area contributed by atoms with E-state index in [0.717, 1.165) is 46.9 Å². The van der Waals surface area contributed by atoms with Crippen LogP contribution in [-0.2, 0) is 22.7 Å². The van der Waals surface area contributed by atoms with Crippen molar-refractivity contribution < 1.29 is 18.9 Å². The fourth-order valence-electron chi connectivity index (χ4n) is 4.99. The fraction of sp³-hybridized carbons (Fsp3) is 0.424. The normalized spacial score (nSPS) is 18.4. The second-order valence-electron chi connectivity index (χ2n) is 11.2. The van der Waals surface area contributed by atoms with Gasteiger partial charge in [-0.15, -0.1) is 0 Å². The van der Waals surface area contributed by atoms with Crippen LogP contribution in [0.1, 0.15) is 63.1 Å². The fourth-order valence-corrected chi connectivity index (χ4v) is 4.99. The topological polar surface area (TPSA) is 74.5 Å². The number of hydrogen-bond donors (Lipinski definition) is 0. The van der Waals surface area contributed by atoms with Crippen molar-refractivity contribution in [3.63, 3.8) is 0 Å². The molecule has 1 aromatic heterocycles. The lowest BCUT2D eigenvalue weighted by atomic mass is 10.1. The molecule has 0 fully saturated rings. The number of aliphatic imine (C=N–C) groups is 2. The van der Waals surface area contributed by atoms with E-state index in [-0.39, 0.29) is 12.1 Å². The maximum absolute atomic E-state index is 6.20. The quantitative estimate of drug-likeness (QED) is 0.258. The first-order chi connectivity index (χ1) is 19.4. The van der Waals surface area contributed by atoms with Gasteiger partial charge in [-0.2, -0.15) is 0 Å². The predicted octanol–water partition coefficient (Wildman–Crippen LogP) is 6.62. The Hall–Kier alpha value is -3.87. The minimum absolute atomic E-state index is 0.195. The van der Waals surface area contributed by atoms with Gasteiger partial charge in [-0.1, -0.05) is 58.0 Å². The van der Waals surface area contributed by atoms with Gasteiger partial charge in [0, 0.05) is 0 Å². The summed E-state index contributed by atoms with van der Waals surface area (Å²) in [4.78, 5) is 14.4. The van der Waals surface area contributed by atoms with Crippen LogP contribution in [-0.4, -0.2) is 42.1 Å². The zero-order chi connectivity index (χ0) is 27.9. The molecule has 0 N–H and O–H groups in total. The monoisotopic (exact) mass is 541 g/mol. The third kappa shape index (κ3) is 7.20. The summed E-state index contributed by atoms with van der Waals surface area (Å²) in [5, 5.41) is 0. The Morgan fingerprint density at radius 3 is 1.55 bits per heavy atom. The van der Waals surface area contributed by atoms with Crippen LogP contribution in [0.3, 0.4) is 0 Å². The molecule has 7 heteroatoms. The largest absolute Gasteiger partial charge is 0.486 e. The smallest absolute Gasteiger partial charge is 0.220 e. The zero-order valence-corrected chi connectivity index (χ0v) is 23.9. The minimum atomic E-state index is 0.195. The van der Waals surface area contributed by atoms with E-state index < -0.39 is 0 Å². The lowest BCUT2D eigenvalue weighted by Gasteiger charge is -2.13. The summed E-state index contributed by atoms with van der Waals surface area (Å²) in [5.41, 5.74) is 3.38. The number of benzene rings is 2. The van der Waals surface area contributed by atoms with E-state index in [1.807, 2.05) is 66.7 Å². The number of hydrogen-bond acceptors (Lipinski definition) is 7. The summed E-state index contributed by atoms with van der Waals surface area (Å²) in [6.07, 6.45) is 2.02. The molecule has 0 saturated carbocycles. The van der Waals surface area contributed by atoms with E-state index >= 15 is 0 Å². The van der Waals surface area contributed by atoms with E-state index in [4.69, 9.17) is 33.9 Å². The molecule has 40 heavy (non-hydrogen) atoms. The second kappa shape index (κ2) is 13.0. The molecular weight excluding hydrogens is 502 g/mol. The Bertz CT molecular complexity index is 1250. The standard InChI is InChI=1S/C33H39N3O4/c1-22(2)16-26-20-39-32(35-26)28-12-5-7-14-30(28)37-18-24-10-9-11-25(34-24)19-38-31-15-8-6-13-29(31)33-36-27(21-40-33)17-23(3)4/h5-15,22-23,26-27H,16-21H2,1-4H3/t26-,27-/m0/s1. The van der Waals surface area contributed by atoms with Crippen molar-refractivity contribution in [2.24, 2.45) is 21.8 Å². The number of pyridine rings is 1. The van der Waals surface area contributed by atoms with Crippen LogP contribution in [0.25, 0.3) is 0 Å². The van der Waals surface area contributed by atoms with Gasteiger partial charge in [0.15, 0.2) is 0 Å². The molecule has 0 radical (unpaired) electrons. The highest BCUT2D eigenvalue weighted by molar-refractivity contribution is 5.98. The van der Waals surface area contributed by atoms with Crippen LogP contribution in [0, 0.1) is 11.8 Å². The van der Waals surface area contributed by atoms with Crippen molar-refractivity contribution in [3.8, 4) is 11.5 Å². The van der Waals surface area contributed by atoms with Crippen molar-refractivity contribution in [1.82, 2.24) is 4.98 Å². The average Bonchev–Trinajstić information content (AvgIpc) is 3.60. The van der Waals surface area contributed by atoms with Crippen LogP contribution in [0.4, 0.5) is 0 Å². The van der Waals surface area contributed by atoms with Crippen molar-refractivity contribution in [2.45, 2.75) is 65.8 Å². The highest BCUT2D eigenvalue weighted by Gasteiger charge is 2.24. The zero-order valence-electron chi connectivity index (χ0n) is 23.9. The molecule has 2 atom stereocenters. The van der Waals surface area contributed by atoms with Gasteiger partial charge in [0.1, 0.15) is 37.9 Å². The maximum atomic E-state index is 6.20. The van der Waals surface area contributed by atoms with Gasteiger partial charge < -0.3 is 18.9 Å². The summed E-state index contributed by atoms with van der Waals surface area (Å²) in [6.45, 7) is 10.7. The number of nitrogens with zero attached hydrogens (tertiary/aromatic N) is 3. The van der Waals surface area contributed by atoms with Crippen LogP contribution in [0.5, 0.6) is 11.5 Å². The molecule has 2 aliphatic heterocycles. The first kappa shape index (κ1) is 27.7. The van der Waals surface area contributed by atoms with Crippen molar-refractivity contribution in [1.29, 1.82) is 0 Å². The summed E-state index contributed by atoms with van der Waals surface area (Å²) >= 11 is 0. The molecule has 0 spiro atoms. The molecule has 0 saturated heterocycles. The Kier molecular flexibility index (Phi) is 8.99. The molecule has 0 aliphatic carbocycles. The van der Waals surface area contributed by atoms with Crippen molar-refractivity contribution in [2.75, 3.05) is 13.2 Å². The van der Waals surface area contributed by atoms with Gasteiger partial charge in [0.2, 0.25) is 11.8 Å². The van der Waals surface area contributed by atoms with E-state index in [9.17, 15) is 0 Å². The molecule has 5 rings (SSSR count). The Morgan fingerprint density at radius 1 is 0.650 bits per heavy atom. The second-order valence-corrected chi connectivity index (χ2v) is 11.2. The molecule has 0 amide bonds. The summed E-state index contributed by atoms with van der Waals surface area (Å²) in [6, 6.07) is 22.0. The van der Waals surface area contributed by atoms with Crippen molar-refractivity contribution >= 4 is 11.8 Å². The Labute approximate surface area is 237 Å². The van der Waals surface area contributed by atoms with Crippen LogP contribution < -0.4 is 9.47 Å². The van der Waals surface area contributed by atoms with E-state index in [1.54, 1.807) is 0 Å². The highest BCUT2D eigenvalue weighted by Crippen LogP contribution is 2.27. The first-order valence-corrected chi connectivity index (χ1v) is 14.2. The Morgan fingerprint density at radius 2 is 1.10 bits per heavy atom. The van der Waals surface area contributed by atoms with Gasteiger partial charge in [-0.3, -0.25) is 4.98 Å². The Balaban J connectivity index is 1.22. The maximum Gasteiger partial charge on any atom is 0.220 e. The van der Waals surface area contributed by atoms with Crippen molar-refractivity contribution in [3.05, 3.63) is 89.2 Å². The van der Waals surface area contributed by atoms with E-state index in [2.05, 4.69) is 27.7 Å². The number of aromatic nitrogens is 1. The molecule has 7 nitrogen and oxygen atoms in total. The molecule has 2 aliphatic rings. The highest BCUT2D eigenvalue weighted by atomic mass is 16.5. The van der Waals surface area contributed by atoms with Gasteiger partial charge in [-0.05, 0) is 61.1 Å². The van der Waals surface area contributed by atoms with E-state index in [0.29, 0.717) is 50.1 Å². The summed E-state index contributed by atoms with van der Waals surface area (Å²) in [7, 11) is 0. The lowest BCUT2D eigenvalue weighted by molar-refractivity contribution is 0.283. The molecular formula is C33H39N3O4. The van der Waals surface area contributed by atoms with Crippen LogP contribution in [0.15, 0.2) is 76.7 Å². The SMILES string of the molecule is CC(C)C[C@H]1COC(c2ccccc2OCc2cccc(COc3ccccc3C3=N[C@@H](CC(C)C)CO3)n2)=N1. The third-order valence-corrected chi connectivity index (χ3v) is 6.76. The molecule has 2 aromatic carbocycles. The molecule has 3 heterocycles. The third-order valence-electron chi connectivity index (χ3n) is 6.76. The predicted molar refractivity (Wildman–Crippen MR) is 157 cm³/mol. The van der Waals surface area contributed by atoms with Gasteiger partial charge in [0.05, 0.1) is 34.6 Å². The molecule has 0 bridgehead atoms. The van der Waals surface area contributed by atoms with Gasteiger partial charge >= 0.3 is 0 Å². The first-order valence-electron chi connectivity index (χ1n) is 14.2. The van der Waals surface area contributed by atoms with Gasteiger partial charge in [-0.25, -0.2) is 9.98 Å². The number of para-hydroxylation sites is 2. The lowest BCUT2D eigenvalue weighted by Crippen LogP contribution is -2.09. The average molecular weight is 542 g/mol. The van der Waals surface area contributed by atoms with Crippen LogP contribution in [0.2, 0.25) is 0 Å².